The van der Waals surface area contributed by atoms with Crippen molar-refractivity contribution >= 4 is 0 Å². The molecular weight excluding hydrogens is 124 g/mol. The van der Waals surface area contributed by atoms with E-state index in [0.29, 0.717) is 0 Å². The molecule has 1 rings (SSSR count). The van der Waals surface area contributed by atoms with E-state index in [2.05, 4.69) is 23.8 Å². The number of allylic oxidation sites excluding steroid dienone is 2. The summed E-state index contributed by atoms with van der Waals surface area (Å²) in [6, 6.07) is 0. The molecule has 0 aliphatic carbocycles. The summed E-state index contributed by atoms with van der Waals surface area (Å²) in [6.07, 6.45) is 3.59. The Kier molecular flexibility index (Phi) is 2.15. The maximum atomic E-state index is 3.67. The van der Waals surface area contributed by atoms with Crippen LogP contribution in [0.2, 0.25) is 0 Å². The maximum absolute atomic E-state index is 3.67. The third-order valence-corrected chi connectivity index (χ3v) is 1.45. The highest BCUT2D eigenvalue weighted by atomic mass is 15.0. The van der Waals surface area contributed by atoms with Gasteiger partial charge in [0.1, 0.15) is 0 Å². The van der Waals surface area contributed by atoms with Gasteiger partial charge in [0.15, 0.2) is 0 Å². The zero-order valence-electron chi connectivity index (χ0n) is 5.98. The Morgan fingerprint density at radius 2 is 1.50 bits per heavy atom. The molecular formula is C8H16N2. The Morgan fingerprint density at radius 1 is 1.10 bits per heavy atom. The highest BCUT2D eigenvalue weighted by Gasteiger charge is 2.03. The van der Waals surface area contributed by atoms with Crippen molar-refractivity contribution in [3.05, 3.63) is 36.7 Å². The van der Waals surface area contributed by atoms with E-state index in [-0.39, 0.29) is 2.85 Å². The van der Waals surface area contributed by atoms with Crippen molar-refractivity contribution in [2.75, 3.05) is 13.1 Å². The van der Waals surface area contributed by atoms with Crippen LogP contribution in [0.1, 0.15) is 2.85 Å². The van der Waals surface area contributed by atoms with Gasteiger partial charge in [-0.3, -0.25) is 0 Å². The van der Waals surface area contributed by atoms with Crippen molar-refractivity contribution in [1.82, 2.24) is 10.6 Å². The standard InChI is InChI=1S/C8H12N2.2H2/c1-3-7-8(4-2)10-6-5-9-7;;/h3-4,9-10H,1-2,5-6H2;2*1H. The van der Waals surface area contributed by atoms with Crippen LogP contribution >= 0.6 is 0 Å². The molecule has 2 nitrogen and oxygen atoms in total. The summed E-state index contributed by atoms with van der Waals surface area (Å²) in [5, 5.41) is 6.40. The summed E-state index contributed by atoms with van der Waals surface area (Å²) in [7, 11) is 0. The van der Waals surface area contributed by atoms with Crippen LogP contribution in [0, 0.1) is 0 Å². The molecule has 1 aliphatic heterocycles. The molecule has 0 radical (unpaired) electrons. The van der Waals surface area contributed by atoms with Gasteiger partial charge in [-0.15, -0.1) is 0 Å². The summed E-state index contributed by atoms with van der Waals surface area (Å²) in [5.74, 6) is 0. The summed E-state index contributed by atoms with van der Waals surface area (Å²) >= 11 is 0. The van der Waals surface area contributed by atoms with Crippen LogP contribution in [0.4, 0.5) is 0 Å². The van der Waals surface area contributed by atoms with Crippen molar-refractivity contribution in [2.24, 2.45) is 0 Å². The van der Waals surface area contributed by atoms with Crippen LogP contribution in [0.5, 0.6) is 0 Å². The van der Waals surface area contributed by atoms with E-state index in [1.54, 1.807) is 12.2 Å². The van der Waals surface area contributed by atoms with Crippen molar-refractivity contribution in [1.29, 1.82) is 0 Å². The molecule has 0 saturated carbocycles. The van der Waals surface area contributed by atoms with E-state index in [9.17, 15) is 0 Å². The third-order valence-electron chi connectivity index (χ3n) is 1.45. The minimum absolute atomic E-state index is 0. The number of hydrogen-bond acceptors (Lipinski definition) is 2. The predicted molar refractivity (Wildman–Crippen MR) is 47.7 cm³/mol. The first-order valence-electron chi connectivity index (χ1n) is 3.35. The van der Waals surface area contributed by atoms with E-state index >= 15 is 0 Å². The summed E-state index contributed by atoms with van der Waals surface area (Å²) < 4.78 is 0. The maximum Gasteiger partial charge on any atom is 0.0570 e. The van der Waals surface area contributed by atoms with Gasteiger partial charge >= 0.3 is 0 Å². The minimum Gasteiger partial charge on any atom is -0.382 e. The van der Waals surface area contributed by atoms with Crippen LogP contribution in [-0.2, 0) is 0 Å². The molecule has 0 saturated heterocycles. The van der Waals surface area contributed by atoms with Gasteiger partial charge in [0.05, 0.1) is 11.4 Å². The van der Waals surface area contributed by atoms with Crippen LogP contribution in [-0.4, -0.2) is 13.1 Å². The topological polar surface area (TPSA) is 24.1 Å². The van der Waals surface area contributed by atoms with Gasteiger partial charge in [-0.1, -0.05) is 13.2 Å². The molecule has 0 aromatic rings. The van der Waals surface area contributed by atoms with E-state index < -0.39 is 0 Å². The van der Waals surface area contributed by atoms with Crippen LogP contribution in [0.15, 0.2) is 36.7 Å². The lowest BCUT2D eigenvalue weighted by Crippen LogP contribution is -2.33. The van der Waals surface area contributed by atoms with Gasteiger partial charge in [-0.05, 0) is 12.2 Å². The highest BCUT2D eigenvalue weighted by Crippen LogP contribution is 2.02. The van der Waals surface area contributed by atoms with Crippen LogP contribution in [0.3, 0.4) is 0 Å². The molecule has 2 heteroatoms. The summed E-state index contributed by atoms with van der Waals surface area (Å²) in [5.41, 5.74) is 2.09. The first-order chi connectivity index (χ1) is 4.88. The average Bonchev–Trinajstić information content (AvgIpc) is 2.04. The van der Waals surface area contributed by atoms with Gasteiger partial charge in [0.2, 0.25) is 0 Å². The highest BCUT2D eigenvalue weighted by molar-refractivity contribution is 5.30. The van der Waals surface area contributed by atoms with Gasteiger partial charge in [-0.25, -0.2) is 0 Å². The monoisotopic (exact) mass is 140 g/mol. The number of nitrogens with one attached hydrogen (secondary N) is 2. The first kappa shape index (κ1) is 6.93. The Hall–Kier alpha value is -1.18. The van der Waals surface area contributed by atoms with Crippen molar-refractivity contribution in [2.45, 2.75) is 0 Å². The fraction of sp³-hybridized carbons (Fsp3) is 0.250. The largest absolute Gasteiger partial charge is 0.382 e. The fourth-order valence-corrected chi connectivity index (χ4v) is 0.949. The van der Waals surface area contributed by atoms with Crippen molar-refractivity contribution in [3.63, 3.8) is 0 Å². The molecule has 0 aromatic carbocycles. The second-order valence-corrected chi connectivity index (χ2v) is 2.09. The molecule has 0 atom stereocenters. The zero-order valence-corrected chi connectivity index (χ0v) is 5.98. The van der Waals surface area contributed by atoms with Gasteiger partial charge in [0.25, 0.3) is 0 Å². The average molecular weight is 140 g/mol. The Balaban J connectivity index is 0. The van der Waals surface area contributed by atoms with E-state index in [4.69, 9.17) is 0 Å². The molecule has 58 valence electrons. The van der Waals surface area contributed by atoms with Gasteiger partial charge in [0, 0.05) is 15.9 Å². The zero-order chi connectivity index (χ0) is 7.40. The van der Waals surface area contributed by atoms with E-state index in [1.165, 1.54) is 0 Å². The third kappa shape index (κ3) is 1.21. The lowest BCUT2D eigenvalue weighted by Gasteiger charge is -2.19. The van der Waals surface area contributed by atoms with Crippen molar-refractivity contribution in [3.8, 4) is 0 Å². The van der Waals surface area contributed by atoms with E-state index in [1.807, 2.05) is 0 Å². The molecule has 0 spiro atoms. The Labute approximate surface area is 64.3 Å². The second-order valence-electron chi connectivity index (χ2n) is 2.09. The Bertz CT molecular complexity index is 167. The SMILES string of the molecule is C=CC1=C(C=C)NCCN1.[HH].[HH]. The molecule has 2 N–H and O–H groups in total. The summed E-state index contributed by atoms with van der Waals surface area (Å²) in [6.45, 7) is 9.26. The molecule has 1 heterocycles. The van der Waals surface area contributed by atoms with Gasteiger partial charge in [-0.2, -0.15) is 0 Å². The number of hydrogen-bond donors (Lipinski definition) is 2. The fourth-order valence-electron chi connectivity index (χ4n) is 0.949. The first-order valence-corrected chi connectivity index (χ1v) is 3.35. The quantitative estimate of drug-likeness (QED) is 0.603. The van der Waals surface area contributed by atoms with Crippen LogP contribution < -0.4 is 10.6 Å². The van der Waals surface area contributed by atoms with E-state index in [0.717, 1.165) is 24.5 Å². The Morgan fingerprint density at radius 3 is 1.80 bits per heavy atom. The lowest BCUT2D eigenvalue weighted by atomic mass is 10.2. The summed E-state index contributed by atoms with van der Waals surface area (Å²) in [4.78, 5) is 0. The molecule has 1 aliphatic rings. The van der Waals surface area contributed by atoms with Crippen molar-refractivity contribution < 1.29 is 2.85 Å². The lowest BCUT2D eigenvalue weighted by molar-refractivity contribution is 0.676. The number of rotatable bonds is 2. The molecule has 0 fully saturated rings. The van der Waals surface area contributed by atoms with Crippen LogP contribution in [0.25, 0.3) is 0 Å². The molecule has 10 heavy (non-hydrogen) atoms. The molecule has 0 aromatic heterocycles. The predicted octanol–water partition coefficient (Wildman–Crippen LogP) is 1.25. The normalized spacial score (nSPS) is 17.2. The molecule has 0 bridgehead atoms. The molecule has 0 unspecified atom stereocenters. The van der Waals surface area contributed by atoms with Gasteiger partial charge < -0.3 is 10.6 Å². The molecule has 0 amide bonds. The minimum atomic E-state index is 0. The second kappa shape index (κ2) is 3.11. The smallest absolute Gasteiger partial charge is 0.0570 e.